The second-order valence-corrected chi connectivity index (χ2v) is 7.18. The molecule has 0 aromatic heterocycles. The first-order valence-corrected chi connectivity index (χ1v) is 8.25. The van der Waals surface area contributed by atoms with Gasteiger partial charge >= 0.3 is 0 Å². The van der Waals surface area contributed by atoms with E-state index in [1.165, 1.54) is 16.4 Å². The Morgan fingerprint density at radius 2 is 1.85 bits per heavy atom. The average molecular weight is 299 g/mol. The molecule has 0 radical (unpaired) electrons. The summed E-state index contributed by atoms with van der Waals surface area (Å²) >= 11 is 0. The van der Waals surface area contributed by atoms with Crippen molar-refractivity contribution in [3.63, 3.8) is 0 Å². The summed E-state index contributed by atoms with van der Waals surface area (Å²) in [5.41, 5.74) is 1.06. The quantitative estimate of drug-likeness (QED) is 0.887. The molecule has 1 unspecified atom stereocenters. The lowest BCUT2D eigenvalue weighted by molar-refractivity contribution is 0.155. The number of phenols is 1. The van der Waals surface area contributed by atoms with E-state index in [2.05, 4.69) is 0 Å². The zero-order chi connectivity index (χ0) is 14.9. The molecule has 20 heavy (non-hydrogen) atoms. The summed E-state index contributed by atoms with van der Waals surface area (Å²) in [4.78, 5) is 0.246. The van der Waals surface area contributed by atoms with Gasteiger partial charge in [0.1, 0.15) is 5.75 Å². The fourth-order valence-electron chi connectivity index (χ4n) is 2.92. The third-order valence-corrected chi connectivity index (χ3v) is 6.05. The van der Waals surface area contributed by atoms with Crippen LogP contribution < -0.4 is 0 Å². The summed E-state index contributed by atoms with van der Waals surface area (Å²) in [6, 6.07) is 2.57. The van der Waals surface area contributed by atoms with Crippen molar-refractivity contribution in [2.45, 2.75) is 44.0 Å². The van der Waals surface area contributed by atoms with Crippen molar-refractivity contribution in [3.05, 3.63) is 23.3 Å². The fraction of sp³-hybridized carbons (Fsp3) is 0.571. The number of hydrogen-bond donors (Lipinski definition) is 2. The molecule has 0 aliphatic carbocycles. The molecule has 0 saturated carbocycles. The third kappa shape index (κ3) is 2.68. The highest BCUT2D eigenvalue weighted by Crippen LogP contribution is 2.31. The van der Waals surface area contributed by atoms with Gasteiger partial charge in [-0.25, -0.2) is 8.42 Å². The molecule has 112 valence electrons. The number of rotatable bonds is 3. The minimum Gasteiger partial charge on any atom is -0.508 e. The Morgan fingerprint density at radius 1 is 1.25 bits per heavy atom. The van der Waals surface area contributed by atoms with Crippen LogP contribution in [0.3, 0.4) is 0 Å². The largest absolute Gasteiger partial charge is 0.508 e. The molecular weight excluding hydrogens is 278 g/mol. The molecule has 6 heteroatoms. The number of piperidine rings is 1. The zero-order valence-corrected chi connectivity index (χ0v) is 12.7. The summed E-state index contributed by atoms with van der Waals surface area (Å²) in [5.74, 6) is 0.0660. The van der Waals surface area contributed by atoms with Gasteiger partial charge in [-0.05, 0) is 49.9 Å². The van der Waals surface area contributed by atoms with E-state index in [-0.39, 0.29) is 23.3 Å². The molecule has 2 N–H and O–H groups in total. The minimum absolute atomic E-state index is 0.0660. The SMILES string of the molecule is Cc1cc(O)cc(C)c1S(=O)(=O)N1CCCCC1CO. The predicted octanol–water partition coefficient (Wildman–Crippen LogP) is 1.54. The van der Waals surface area contributed by atoms with E-state index >= 15 is 0 Å². The van der Waals surface area contributed by atoms with E-state index in [0.29, 0.717) is 24.1 Å². The van der Waals surface area contributed by atoms with Crippen molar-refractivity contribution >= 4 is 10.0 Å². The number of aromatic hydroxyl groups is 1. The first kappa shape index (κ1) is 15.3. The molecule has 5 nitrogen and oxygen atoms in total. The predicted molar refractivity (Wildman–Crippen MR) is 76.2 cm³/mol. The van der Waals surface area contributed by atoms with Crippen LogP contribution in [0.5, 0.6) is 5.75 Å². The normalized spacial score (nSPS) is 21.1. The van der Waals surface area contributed by atoms with E-state index in [4.69, 9.17) is 0 Å². The molecule has 1 fully saturated rings. The first-order valence-electron chi connectivity index (χ1n) is 6.81. The van der Waals surface area contributed by atoms with Crippen LogP contribution in [0, 0.1) is 13.8 Å². The Labute approximate surface area is 119 Å². The number of aliphatic hydroxyl groups is 1. The molecule has 1 atom stereocenters. The zero-order valence-electron chi connectivity index (χ0n) is 11.8. The maximum absolute atomic E-state index is 12.8. The van der Waals surface area contributed by atoms with Crippen LogP contribution in [0.1, 0.15) is 30.4 Å². The van der Waals surface area contributed by atoms with Crippen LogP contribution in [0.15, 0.2) is 17.0 Å². The van der Waals surface area contributed by atoms with E-state index in [0.717, 1.165) is 12.8 Å². The van der Waals surface area contributed by atoms with Gasteiger partial charge in [-0.3, -0.25) is 0 Å². The molecule has 0 bridgehead atoms. The van der Waals surface area contributed by atoms with Crippen LogP contribution in [0.25, 0.3) is 0 Å². The average Bonchev–Trinajstić information content (AvgIpc) is 2.37. The Bertz CT molecular complexity index is 574. The maximum Gasteiger partial charge on any atom is 0.243 e. The molecule has 1 aliphatic rings. The van der Waals surface area contributed by atoms with Crippen LogP contribution in [0.2, 0.25) is 0 Å². The summed E-state index contributed by atoms with van der Waals surface area (Å²) in [6.07, 6.45) is 2.43. The summed E-state index contributed by atoms with van der Waals surface area (Å²) in [6.45, 7) is 3.64. The molecule has 1 heterocycles. The van der Waals surface area contributed by atoms with Crippen molar-refractivity contribution in [3.8, 4) is 5.75 Å². The molecule has 2 rings (SSSR count). The Kier molecular flexibility index (Phi) is 4.36. The van der Waals surface area contributed by atoms with Gasteiger partial charge in [-0.2, -0.15) is 4.31 Å². The van der Waals surface area contributed by atoms with Gasteiger partial charge in [0.2, 0.25) is 10.0 Å². The fourth-order valence-corrected chi connectivity index (χ4v) is 5.02. The van der Waals surface area contributed by atoms with Gasteiger partial charge in [-0.1, -0.05) is 6.42 Å². The van der Waals surface area contributed by atoms with Crippen molar-refractivity contribution in [1.82, 2.24) is 4.31 Å². The van der Waals surface area contributed by atoms with Gasteiger partial charge in [-0.15, -0.1) is 0 Å². The number of benzene rings is 1. The van der Waals surface area contributed by atoms with Gasteiger partial charge in [0.15, 0.2) is 0 Å². The first-order chi connectivity index (χ1) is 9.37. The second kappa shape index (κ2) is 5.71. The number of phenolic OH excluding ortho intramolecular Hbond substituents is 1. The van der Waals surface area contributed by atoms with E-state index in [1.54, 1.807) is 13.8 Å². The summed E-state index contributed by atoms with van der Waals surface area (Å²) in [5, 5.41) is 19.0. The van der Waals surface area contributed by atoms with Crippen LogP contribution in [0.4, 0.5) is 0 Å². The highest BCUT2D eigenvalue weighted by molar-refractivity contribution is 7.89. The summed E-state index contributed by atoms with van der Waals surface area (Å²) in [7, 11) is -3.64. The topological polar surface area (TPSA) is 77.8 Å². The second-order valence-electron chi connectivity index (χ2n) is 5.36. The third-order valence-electron chi connectivity index (χ3n) is 3.80. The van der Waals surface area contributed by atoms with Crippen molar-refractivity contribution in [2.24, 2.45) is 0 Å². The number of sulfonamides is 1. The van der Waals surface area contributed by atoms with Gasteiger partial charge in [0.05, 0.1) is 11.5 Å². The molecule has 1 saturated heterocycles. The Balaban J connectivity index is 2.49. The summed E-state index contributed by atoms with van der Waals surface area (Å²) < 4.78 is 27.1. The van der Waals surface area contributed by atoms with E-state index in [1.807, 2.05) is 0 Å². The highest BCUT2D eigenvalue weighted by Gasteiger charge is 2.34. The number of hydrogen-bond acceptors (Lipinski definition) is 4. The van der Waals surface area contributed by atoms with Crippen molar-refractivity contribution in [1.29, 1.82) is 0 Å². The van der Waals surface area contributed by atoms with Gasteiger partial charge < -0.3 is 10.2 Å². The van der Waals surface area contributed by atoms with Crippen LogP contribution in [-0.4, -0.2) is 42.1 Å². The highest BCUT2D eigenvalue weighted by atomic mass is 32.2. The minimum atomic E-state index is -3.64. The maximum atomic E-state index is 12.8. The van der Waals surface area contributed by atoms with Crippen LogP contribution in [-0.2, 0) is 10.0 Å². The molecule has 1 aromatic rings. The smallest absolute Gasteiger partial charge is 0.243 e. The molecule has 0 spiro atoms. The molecule has 0 amide bonds. The monoisotopic (exact) mass is 299 g/mol. The van der Waals surface area contributed by atoms with Crippen LogP contribution >= 0.6 is 0 Å². The van der Waals surface area contributed by atoms with Crippen molar-refractivity contribution < 1.29 is 18.6 Å². The lowest BCUT2D eigenvalue weighted by Crippen LogP contribution is -2.45. The molecule has 1 aromatic carbocycles. The van der Waals surface area contributed by atoms with E-state index in [9.17, 15) is 18.6 Å². The van der Waals surface area contributed by atoms with E-state index < -0.39 is 10.0 Å². The van der Waals surface area contributed by atoms with Crippen molar-refractivity contribution in [2.75, 3.05) is 13.2 Å². The Morgan fingerprint density at radius 3 is 2.40 bits per heavy atom. The number of aryl methyl sites for hydroxylation is 2. The lowest BCUT2D eigenvalue weighted by Gasteiger charge is -2.34. The lowest BCUT2D eigenvalue weighted by atomic mass is 10.1. The van der Waals surface area contributed by atoms with Gasteiger partial charge in [0, 0.05) is 12.6 Å². The number of nitrogens with zero attached hydrogens (tertiary/aromatic N) is 1. The molecule has 1 aliphatic heterocycles. The molecular formula is C14H21NO4S. The number of aliphatic hydroxyl groups excluding tert-OH is 1. The van der Waals surface area contributed by atoms with Gasteiger partial charge in [0.25, 0.3) is 0 Å². The Hall–Kier alpha value is -1.11. The standard InChI is InChI=1S/C14H21NO4S/c1-10-7-13(17)8-11(2)14(10)20(18,19)15-6-4-3-5-12(15)9-16/h7-8,12,16-17H,3-6,9H2,1-2H3.